The van der Waals surface area contributed by atoms with Gasteiger partial charge in [0, 0.05) is 12.0 Å². The zero-order valence-corrected chi connectivity index (χ0v) is 9.62. The summed E-state index contributed by atoms with van der Waals surface area (Å²) in [6.07, 6.45) is 4.05. The van der Waals surface area contributed by atoms with Crippen molar-refractivity contribution in [3.63, 3.8) is 0 Å². The summed E-state index contributed by atoms with van der Waals surface area (Å²) in [6, 6.07) is 7.24. The topological polar surface area (TPSA) is 25.8 Å². The van der Waals surface area contributed by atoms with E-state index >= 15 is 0 Å². The van der Waals surface area contributed by atoms with Crippen molar-refractivity contribution in [2.24, 2.45) is 0 Å². The van der Waals surface area contributed by atoms with E-state index in [1.165, 1.54) is 36.9 Å². The molecule has 2 N–H and O–H groups in total. The lowest BCUT2D eigenvalue weighted by Gasteiger charge is -2.21. The summed E-state index contributed by atoms with van der Waals surface area (Å²) in [5.74, 6) is 0.995. The van der Waals surface area contributed by atoms with E-state index in [4.69, 9.17) is 4.74 Å². The van der Waals surface area contributed by atoms with E-state index < -0.39 is 0 Å². The number of nitrogens with two attached hydrogens (primary N) is 1. The molecule has 1 saturated heterocycles. The Morgan fingerprint density at radius 1 is 1.33 bits per heavy atom. The van der Waals surface area contributed by atoms with Crippen molar-refractivity contribution in [1.82, 2.24) is 0 Å². The molecule has 0 aromatic heterocycles. The Labute approximate surface area is 91.6 Å². The molecule has 2 nitrogen and oxygen atoms in total. The van der Waals surface area contributed by atoms with Gasteiger partial charge in [-0.3, -0.25) is 0 Å². The first-order chi connectivity index (χ1) is 7.31. The fraction of sp³-hybridized carbons (Fsp3) is 0.538. The van der Waals surface area contributed by atoms with Crippen molar-refractivity contribution >= 4 is 0 Å². The maximum absolute atomic E-state index is 5.28. The number of methoxy groups -OCH3 is 1. The summed E-state index contributed by atoms with van der Waals surface area (Å²) in [5.41, 5.74) is 2.70. The van der Waals surface area contributed by atoms with Crippen molar-refractivity contribution < 1.29 is 10.1 Å². The van der Waals surface area contributed by atoms with Crippen molar-refractivity contribution in [1.29, 1.82) is 0 Å². The average molecular weight is 206 g/mol. The second-order valence-corrected chi connectivity index (χ2v) is 4.36. The van der Waals surface area contributed by atoms with Crippen LogP contribution in [0.15, 0.2) is 18.2 Å². The van der Waals surface area contributed by atoms with Gasteiger partial charge in [0.2, 0.25) is 0 Å². The second-order valence-electron chi connectivity index (χ2n) is 4.36. The number of benzene rings is 1. The van der Waals surface area contributed by atoms with Crippen molar-refractivity contribution in [2.45, 2.75) is 32.2 Å². The largest absolute Gasteiger partial charge is 0.496 e. The van der Waals surface area contributed by atoms with Crippen LogP contribution >= 0.6 is 0 Å². The zero-order chi connectivity index (χ0) is 10.7. The maximum atomic E-state index is 5.28. The van der Waals surface area contributed by atoms with Crippen molar-refractivity contribution in [3.8, 4) is 5.75 Å². The van der Waals surface area contributed by atoms with Gasteiger partial charge in [-0.25, -0.2) is 0 Å². The number of hydrogen-bond acceptors (Lipinski definition) is 1. The summed E-state index contributed by atoms with van der Waals surface area (Å²) in [5, 5.41) is 2.46. The van der Waals surface area contributed by atoms with Crippen LogP contribution in [0, 0.1) is 6.92 Å². The molecule has 15 heavy (non-hydrogen) atoms. The number of quaternary nitrogens is 1. The first-order valence-electron chi connectivity index (χ1n) is 5.79. The quantitative estimate of drug-likeness (QED) is 0.784. The smallest absolute Gasteiger partial charge is 0.121 e. The van der Waals surface area contributed by atoms with E-state index in [1.807, 2.05) is 0 Å². The van der Waals surface area contributed by atoms with Crippen molar-refractivity contribution in [3.05, 3.63) is 29.3 Å². The molecule has 2 heteroatoms. The zero-order valence-electron chi connectivity index (χ0n) is 9.62. The third kappa shape index (κ3) is 2.32. The number of ether oxygens (including phenoxy) is 1. The molecule has 1 aliphatic rings. The Balaban J connectivity index is 2.17. The molecule has 1 heterocycles. The maximum Gasteiger partial charge on any atom is 0.121 e. The Morgan fingerprint density at radius 3 is 2.80 bits per heavy atom. The van der Waals surface area contributed by atoms with Gasteiger partial charge in [0.25, 0.3) is 0 Å². The van der Waals surface area contributed by atoms with Crippen LogP contribution in [0.25, 0.3) is 0 Å². The molecule has 1 aromatic rings. The fourth-order valence-electron chi connectivity index (χ4n) is 2.38. The van der Waals surface area contributed by atoms with E-state index in [1.54, 1.807) is 7.11 Å². The standard InChI is InChI=1S/C13H19NO/c1-10-9-11(6-7-13(10)15-2)12-5-3-4-8-14-12/h6-7,9,12,14H,3-5,8H2,1-2H3/p+1/t12-/m0/s1. The molecule has 0 bridgehead atoms. The van der Waals surface area contributed by atoms with Crippen LogP contribution in [-0.2, 0) is 0 Å². The van der Waals surface area contributed by atoms with E-state index in [2.05, 4.69) is 30.4 Å². The van der Waals surface area contributed by atoms with E-state index in [0.29, 0.717) is 6.04 Å². The monoisotopic (exact) mass is 206 g/mol. The van der Waals surface area contributed by atoms with Crippen LogP contribution in [0.5, 0.6) is 5.75 Å². The van der Waals surface area contributed by atoms with Crippen molar-refractivity contribution in [2.75, 3.05) is 13.7 Å². The molecular formula is C13H20NO+. The lowest BCUT2D eigenvalue weighted by atomic mass is 9.96. The third-order valence-corrected chi connectivity index (χ3v) is 3.27. The summed E-state index contributed by atoms with van der Waals surface area (Å²) in [4.78, 5) is 0. The first kappa shape index (κ1) is 10.5. The molecule has 0 aliphatic carbocycles. The van der Waals surface area contributed by atoms with Gasteiger partial charge in [-0.1, -0.05) is 0 Å². The molecule has 0 spiro atoms. The van der Waals surface area contributed by atoms with Gasteiger partial charge in [-0.15, -0.1) is 0 Å². The number of hydrogen-bond donors (Lipinski definition) is 1. The molecule has 0 saturated carbocycles. The molecule has 82 valence electrons. The average Bonchev–Trinajstić information content (AvgIpc) is 2.30. The summed E-state index contributed by atoms with van der Waals surface area (Å²) >= 11 is 0. The van der Waals surface area contributed by atoms with Crippen LogP contribution in [0.4, 0.5) is 0 Å². The Bertz CT molecular complexity index is 329. The van der Waals surface area contributed by atoms with Gasteiger partial charge in [0.1, 0.15) is 11.8 Å². The molecule has 0 unspecified atom stereocenters. The SMILES string of the molecule is COc1ccc([C@@H]2CCCC[NH2+]2)cc1C. The predicted molar refractivity (Wildman–Crippen MR) is 61.1 cm³/mol. The minimum absolute atomic E-state index is 0.670. The second kappa shape index (κ2) is 4.67. The molecule has 1 atom stereocenters. The highest BCUT2D eigenvalue weighted by molar-refractivity contribution is 5.36. The van der Waals surface area contributed by atoms with Gasteiger partial charge in [-0.05, 0) is 43.5 Å². The molecule has 1 fully saturated rings. The highest BCUT2D eigenvalue weighted by atomic mass is 16.5. The number of rotatable bonds is 2. The van der Waals surface area contributed by atoms with Crippen LogP contribution in [0.1, 0.15) is 36.4 Å². The van der Waals surface area contributed by atoms with Crippen LogP contribution in [0.2, 0.25) is 0 Å². The number of piperidine rings is 1. The Hall–Kier alpha value is -1.02. The minimum atomic E-state index is 0.670. The molecule has 0 amide bonds. The highest BCUT2D eigenvalue weighted by Crippen LogP contribution is 2.24. The van der Waals surface area contributed by atoms with E-state index in [-0.39, 0.29) is 0 Å². The lowest BCUT2D eigenvalue weighted by Crippen LogP contribution is -2.86. The van der Waals surface area contributed by atoms with Gasteiger partial charge >= 0.3 is 0 Å². The van der Waals surface area contributed by atoms with Gasteiger partial charge in [0.15, 0.2) is 0 Å². The molecule has 1 aliphatic heterocycles. The molecule has 0 radical (unpaired) electrons. The van der Waals surface area contributed by atoms with E-state index in [0.717, 1.165) is 5.75 Å². The van der Waals surface area contributed by atoms with Gasteiger partial charge in [-0.2, -0.15) is 0 Å². The van der Waals surface area contributed by atoms with Crippen LogP contribution in [-0.4, -0.2) is 13.7 Å². The van der Waals surface area contributed by atoms with Crippen LogP contribution in [0.3, 0.4) is 0 Å². The molecule has 1 aromatic carbocycles. The van der Waals surface area contributed by atoms with E-state index in [9.17, 15) is 0 Å². The summed E-state index contributed by atoms with van der Waals surface area (Å²) < 4.78 is 5.28. The first-order valence-corrected chi connectivity index (χ1v) is 5.79. The Kier molecular flexibility index (Phi) is 3.27. The molecular weight excluding hydrogens is 186 g/mol. The van der Waals surface area contributed by atoms with Crippen LogP contribution < -0.4 is 10.1 Å². The summed E-state index contributed by atoms with van der Waals surface area (Å²) in [6.45, 7) is 3.39. The third-order valence-electron chi connectivity index (χ3n) is 3.27. The lowest BCUT2D eigenvalue weighted by molar-refractivity contribution is -0.704. The van der Waals surface area contributed by atoms with Gasteiger partial charge < -0.3 is 10.1 Å². The summed E-state index contributed by atoms with van der Waals surface area (Å²) in [7, 11) is 1.73. The highest BCUT2D eigenvalue weighted by Gasteiger charge is 2.18. The van der Waals surface area contributed by atoms with Gasteiger partial charge in [0.05, 0.1) is 13.7 Å². The normalized spacial score (nSPS) is 21.3. The fourth-order valence-corrected chi connectivity index (χ4v) is 2.38. The number of aryl methyl sites for hydroxylation is 1. The Morgan fingerprint density at radius 2 is 2.20 bits per heavy atom. The predicted octanol–water partition coefficient (Wildman–Crippen LogP) is 1.79. The minimum Gasteiger partial charge on any atom is -0.496 e. The molecule has 2 rings (SSSR count).